The second-order valence-corrected chi connectivity index (χ2v) is 5.85. The zero-order chi connectivity index (χ0) is 15.5. The minimum Gasteiger partial charge on any atom is -0.375 e. The van der Waals surface area contributed by atoms with Crippen LogP contribution in [-0.4, -0.2) is 23.8 Å². The van der Waals surface area contributed by atoms with Crippen LogP contribution in [0.5, 0.6) is 0 Å². The van der Waals surface area contributed by atoms with E-state index in [1.54, 1.807) is 26.0 Å². The minimum absolute atomic E-state index is 0.117. The van der Waals surface area contributed by atoms with Gasteiger partial charge < -0.3 is 4.74 Å². The molecule has 0 aliphatic carbocycles. The van der Waals surface area contributed by atoms with Crippen molar-refractivity contribution in [3.63, 3.8) is 0 Å². The Labute approximate surface area is 128 Å². The van der Waals surface area contributed by atoms with E-state index in [-0.39, 0.29) is 11.6 Å². The minimum atomic E-state index is 0.117. The van der Waals surface area contributed by atoms with Gasteiger partial charge in [0.05, 0.1) is 12.2 Å². The number of unbranched alkanes of at least 4 members (excludes halogenated alkanes) is 2. The van der Waals surface area contributed by atoms with Crippen LogP contribution in [0.1, 0.15) is 65.2 Å². The third-order valence-electron chi connectivity index (χ3n) is 3.69. The van der Waals surface area contributed by atoms with Crippen LogP contribution >= 0.6 is 0 Å². The van der Waals surface area contributed by atoms with E-state index < -0.39 is 0 Å². The number of allylic oxidation sites excluding steroid dienone is 4. The number of carbonyl (C=O) groups excluding carboxylic acids is 2. The summed E-state index contributed by atoms with van der Waals surface area (Å²) in [7, 11) is 0. The highest BCUT2D eigenvalue weighted by atomic mass is 16.5. The predicted molar refractivity (Wildman–Crippen MR) is 85.2 cm³/mol. The molecule has 0 N–H and O–H groups in total. The van der Waals surface area contributed by atoms with E-state index in [0.717, 1.165) is 51.4 Å². The summed E-state index contributed by atoms with van der Waals surface area (Å²) in [6.45, 7) is 3.15. The molecule has 1 rings (SSSR count). The summed E-state index contributed by atoms with van der Waals surface area (Å²) < 4.78 is 6.03. The monoisotopic (exact) mass is 292 g/mol. The Hall–Kier alpha value is -1.22. The number of ether oxygens (including phenoxy) is 1. The van der Waals surface area contributed by atoms with Crippen LogP contribution in [0.25, 0.3) is 0 Å². The summed E-state index contributed by atoms with van der Waals surface area (Å²) in [6.07, 6.45) is 16.6. The molecule has 0 radical (unpaired) electrons. The lowest BCUT2D eigenvalue weighted by atomic mass is 10.1. The Morgan fingerprint density at radius 2 is 1.33 bits per heavy atom. The van der Waals surface area contributed by atoms with E-state index in [4.69, 9.17) is 4.74 Å². The molecule has 1 aliphatic rings. The van der Waals surface area contributed by atoms with Gasteiger partial charge in [0.2, 0.25) is 0 Å². The maximum Gasteiger partial charge on any atom is 0.152 e. The van der Waals surface area contributed by atoms with Crippen molar-refractivity contribution >= 4 is 11.6 Å². The molecule has 0 saturated carbocycles. The Balaban J connectivity index is 2.04. The molecule has 118 valence electrons. The van der Waals surface area contributed by atoms with Gasteiger partial charge in [-0.15, -0.1) is 0 Å². The van der Waals surface area contributed by atoms with E-state index in [0.29, 0.717) is 12.2 Å². The number of ketones is 2. The van der Waals surface area contributed by atoms with Crippen molar-refractivity contribution in [3.8, 4) is 0 Å². The lowest BCUT2D eigenvalue weighted by Crippen LogP contribution is -2.10. The molecule has 1 fully saturated rings. The highest BCUT2D eigenvalue weighted by Gasteiger charge is 2.23. The van der Waals surface area contributed by atoms with Gasteiger partial charge in [-0.05, 0) is 77.4 Å². The van der Waals surface area contributed by atoms with Crippen LogP contribution in [-0.2, 0) is 14.3 Å². The van der Waals surface area contributed by atoms with Crippen molar-refractivity contribution in [3.05, 3.63) is 24.3 Å². The molecule has 3 nitrogen and oxygen atoms in total. The van der Waals surface area contributed by atoms with Crippen molar-refractivity contribution in [1.82, 2.24) is 0 Å². The van der Waals surface area contributed by atoms with Crippen LogP contribution in [0, 0.1) is 0 Å². The lowest BCUT2D eigenvalue weighted by molar-refractivity contribution is -0.113. The molecule has 1 saturated heterocycles. The van der Waals surface area contributed by atoms with E-state index >= 15 is 0 Å². The molecule has 0 aromatic heterocycles. The fourth-order valence-corrected chi connectivity index (χ4v) is 2.63. The largest absolute Gasteiger partial charge is 0.375 e. The predicted octanol–water partition coefficient (Wildman–Crippen LogP) is 4.17. The van der Waals surface area contributed by atoms with Gasteiger partial charge in [0.15, 0.2) is 11.6 Å². The van der Waals surface area contributed by atoms with Gasteiger partial charge in [0.25, 0.3) is 0 Å². The summed E-state index contributed by atoms with van der Waals surface area (Å²) >= 11 is 0. The zero-order valence-electron chi connectivity index (χ0n) is 13.3. The van der Waals surface area contributed by atoms with Gasteiger partial charge in [-0.2, -0.15) is 0 Å². The molecule has 0 aromatic carbocycles. The quantitative estimate of drug-likeness (QED) is 0.448. The third kappa shape index (κ3) is 9.35. The van der Waals surface area contributed by atoms with Crippen molar-refractivity contribution in [2.45, 2.75) is 77.4 Å². The topological polar surface area (TPSA) is 43.4 Å². The van der Waals surface area contributed by atoms with Crippen molar-refractivity contribution in [2.75, 3.05) is 0 Å². The summed E-state index contributed by atoms with van der Waals surface area (Å²) in [5, 5.41) is 0. The second-order valence-electron chi connectivity index (χ2n) is 5.85. The van der Waals surface area contributed by atoms with E-state index in [1.165, 1.54) is 0 Å². The Bertz CT molecular complexity index is 346. The van der Waals surface area contributed by atoms with Gasteiger partial charge in [0, 0.05) is 0 Å². The van der Waals surface area contributed by atoms with Crippen LogP contribution < -0.4 is 0 Å². The fraction of sp³-hybridized carbons (Fsp3) is 0.667. The number of carbonyl (C=O) groups is 2. The Morgan fingerprint density at radius 1 is 0.905 bits per heavy atom. The van der Waals surface area contributed by atoms with E-state index in [9.17, 15) is 9.59 Å². The summed E-state index contributed by atoms with van der Waals surface area (Å²) in [6, 6.07) is 0. The molecule has 0 spiro atoms. The van der Waals surface area contributed by atoms with Gasteiger partial charge in [-0.25, -0.2) is 0 Å². The molecule has 0 bridgehead atoms. The number of hydrogen-bond donors (Lipinski definition) is 0. The molecule has 0 aromatic rings. The molecule has 3 heteroatoms. The molecule has 0 unspecified atom stereocenters. The average molecular weight is 292 g/mol. The first-order chi connectivity index (χ1) is 10.1. The first-order valence-electron chi connectivity index (χ1n) is 8.07. The lowest BCUT2D eigenvalue weighted by Gasteiger charge is -2.12. The van der Waals surface area contributed by atoms with Crippen LogP contribution in [0.15, 0.2) is 24.3 Å². The number of rotatable bonds is 10. The third-order valence-corrected chi connectivity index (χ3v) is 3.69. The molecule has 21 heavy (non-hydrogen) atoms. The summed E-state index contributed by atoms with van der Waals surface area (Å²) in [5.41, 5.74) is 0. The molecule has 0 amide bonds. The van der Waals surface area contributed by atoms with Gasteiger partial charge in [-0.3, -0.25) is 9.59 Å². The standard InChI is InChI=1S/C18H28O3/c1-15(19)9-5-3-7-11-17-13-14-18(21-17)12-8-4-6-10-16(2)20/h5-6,9-10,17-18H,3-4,7-8,11-14H2,1-2H3/b9-5+,10-6+/t17-,18+. The van der Waals surface area contributed by atoms with Crippen LogP contribution in [0.4, 0.5) is 0 Å². The summed E-state index contributed by atoms with van der Waals surface area (Å²) in [5.74, 6) is 0.233. The Morgan fingerprint density at radius 3 is 1.71 bits per heavy atom. The fourth-order valence-electron chi connectivity index (χ4n) is 2.63. The van der Waals surface area contributed by atoms with E-state index in [1.807, 2.05) is 12.2 Å². The molecule has 2 atom stereocenters. The maximum atomic E-state index is 10.8. The number of hydrogen-bond acceptors (Lipinski definition) is 3. The first-order valence-corrected chi connectivity index (χ1v) is 8.07. The van der Waals surface area contributed by atoms with Crippen molar-refractivity contribution < 1.29 is 14.3 Å². The highest BCUT2D eigenvalue weighted by molar-refractivity contribution is 5.87. The smallest absolute Gasteiger partial charge is 0.152 e. The van der Waals surface area contributed by atoms with Crippen LogP contribution in [0.3, 0.4) is 0 Å². The SMILES string of the molecule is CC(=O)/C=C/CCC[C@@H]1CC[C@H](CCC/C=C/C(C)=O)O1. The van der Waals surface area contributed by atoms with Crippen molar-refractivity contribution in [2.24, 2.45) is 0 Å². The molecule has 1 aliphatic heterocycles. The second kappa shape index (κ2) is 10.5. The highest BCUT2D eigenvalue weighted by Crippen LogP contribution is 2.26. The maximum absolute atomic E-state index is 10.8. The van der Waals surface area contributed by atoms with Gasteiger partial charge >= 0.3 is 0 Å². The van der Waals surface area contributed by atoms with Crippen LogP contribution in [0.2, 0.25) is 0 Å². The van der Waals surface area contributed by atoms with E-state index in [2.05, 4.69) is 0 Å². The molecule has 1 heterocycles. The Kier molecular flexibility index (Phi) is 8.91. The summed E-state index contributed by atoms with van der Waals surface area (Å²) in [4.78, 5) is 21.5. The van der Waals surface area contributed by atoms with Gasteiger partial charge in [-0.1, -0.05) is 12.2 Å². The van der Waals surface area contributed by atoms with Gasteiger partial charge in [0.1, 0.15) is 0 Å². The normalized spacial score (nSPS) is 22.4. The van der Waals surface area contributed by atoms with Crippen molar-refractivity contribution in [1.29, 1.82) is 0 Å². The zero-order valence-corrected chi connectivity index (χ0v) is 13.3. The first kappa shape index (κ1) is 17.8. The molecular weight excluding hydrogens is 264 g/mol. The molecular formula is C18H28O3. The average Bonchev–Trinajstić information content (AvgIpc) is 2.85.